The summed E-state index contributed by atoms with van der Waals surface area (Å²) in [4.78, 5) is 0. The van der Waals surface area contributed by atoms with Crippen LogP contribution in [0.3, 0.4) is 0 Å². The molecule has 0 N–H and O–H groups in total. The summed E-state index contributed by atoms with van der Waals surface area (Å²) in [7, 11) is 8.02. The first-order chi connectivity index (χ1) is 13.6. The van der Waals surface area contributed by atoms with Gasteiger partial charge in [-0.2, -0.15) is 0 Å². The zero-order valence-corrected chi connectivity index (χ0v) is 17.4. The molecule has 146 valence electrons. The minimum absolute atomic E-state index is 0.0900. The van der Waals surface area contributed by atoms with Gasteiger partial charge in [0.1, 0.15) is 0 Å². The third kappa shape index (κ3) is 2.05. The van der Waals surface area contributed by atoms with Gasteiger partial charge in [0.25, 0.3) is 0 Å². The summed E-state index contributed by atoms with van der Waals surface area (Å²) >= 11 is 0. The molecule has 0 spiro atoms. The van der Waals surface area contributed by atoms with E-state index in [9.17, 15) is 0 Å². The molecule has 0 unspecified atom stereocenters. The summed E-state index contributed by atoms with van der Waals surface area (Å²) < 4.78 is 0. The average molecular weight is 370 g/mol. The largest absolute Gasteiger partial charge is 0.0825 e. The fraction of sp³-hybridized carbons (Fsp3) is 0.778. The highest BCUT2D eigenvalue weighted by Crippen LogP contribution is 2.75. The Kier molecular flexibility index (Phi) is 3.34. The van der Waals surface area contributed by atoms with Crippen LogP contribution in [0.5, 0.6) is 0 Å². The molecule has 0 heterocycles. The summed E-state index contributed by atoms with van der Waals surface area (Å²) in [5, 5.41) is -0.0900. The van der Waals surface area contributed by atoms with E-state index < -0.39 is 0 Å². The van der Waals surface area contributed by atoms with Crippen LogP contribution in [-0.2, 0) is 5.31 Å². The maximum absolute atomic E-state index is 8.02. The Morgan fingerprint density at radius 2 is 0.893 bits per heavy atom. The lowest BCUT2D eigenvalue weighted by atomic mass is 9.27. The normalized spacial score (nSPS) is 52.7. The van der Waals surface area contributed by atoms with Crippen LogP contribution in [0.2, 0.25) is 0 Å². The molecule has 0 nitrogen and oxygen atoms in total. The molecule has 0 atom stereocenters. The van der Waals surface area contributed by atoms with Crippen molar-refractivity contribution in [2.75, 3.05) is 0 Å². The molecular formula is C27H35B. The first-order valence-electron chi connectivity index (χ1n) is 12.4. The molecule has 9 rings (SSSR count). The molecule has 2 radical (unpaired) electrons. The fourth-order valence-corrected chi connectivity index (χ4v) is 11.1. The molecule has 1 aromatic rings. The molecule has 8 saturated carbocycles. The van der Waals surface area contributed by atoms with Gasteiger partial charge in [0.2, 0.25) is 0 Å². The van der Waals surface area contributed by atoms with E-state index in [1.54, 1.807) is 0 Å². The molecule has 8 bridgehead atoms. The van der Waals surface area contributed by atoms with Gasteiger partial charge < -0.3 is 0 Å². The van der Waals surface area contributed by atoms with Crippen molar-refractivity contribution in [3.05, 3.63) is 35.9 Å². The van der Waals surface area contributed by atoms with E-state index in [1.165, 1.54) is 82.6 Å². The van der Waals surface area contributed by atoms with Gasteiger partial charge in [-0.15, -0.1) is 0 Å². The monoisotopic (exact) mass is 370 g/mol. The summed E-state index contributed by atoms with van der Waals surface area (Å²) in [5.41, 5.74) is 2.28. The molecule has 0 aliphatic heterocycles. The average Bonchev–Trinajstić information content (AvgIpc) is 2.66. The topological polar surface area (TPSA) is 0 Å². The molecule has 0 amide bonds. The Labute approximate surface area is 172 Å². The second-order valence-electron chi connectivity index (χ2n) is 12.6. The van der Waals surface area contributed by atoms with Crippen LogP contribution in [0.1, 0.15) is 82.6 Å². The highest BCUT2D eigenvalue weighted by molar-refractivity contribution is 6.17. The van der Waals surface area contributed by atoms with E-state index in [-0.39, 0.29) is 5.31 Å². The van der Waals surface area contributed by atoms with Crippen LogP contribution in [0.25, 0.3) is 0 Å². The Bertz CT molecular complexity index is 662. The third-order valence-electron chi connectivity index (χ3n) is 11.0. The summed E-state index contributed by atoms with van der Waals surface area (Å²) in [6.45, 7) is 0. The van der Waals surface area contributed by atoms with E-state index >= 15 is 0 Å². The van der Waals surface area contributed by atoms with Gasteiger partial charge in [0.15, 0.2) is 0 Å². The molecule has 1 heteroatoms. The Morgan fingerprint density at radius 3 is 1.21 bits per heavy atom. The van der Waals surface area contributed by atoms with Gasteiger partial charge in [-0.05, 0) is 134 Å². The van der Waals surface area contributed by atoms with Crippen molar-refractivity contribution in [3.8, 4) is 0 Å². The minimum Gasteiger partial charge on any atom is -0.0622 e. The van der Waals surface area contributed by atoms with Gasteiger partial charge in [-0.3, -0.25) is 0 Å². The first kappa shape index (κ1) is 17.0. The van der Waals surface area contributed by atoms with Crippen molar-refractivity contribution in [2.24, 2.45) is 46.3 Å². The van der Waals surface area contributed by atoms with Crippen molar-refractivity contribution in [2.45, 2.75) is 82.4 Å². The van der Waals surface area contributed by atoms with Crippen molar-refractivity contribution < 1.29 is 0 Å². The molecule has 8 aliphatic rings. The molecule has 8 aliphatic carbocycles. The van der Waals surface area contributed by atoms with Gasteiger partial charge >= 0.3 is 0 Å². The molecule has 0 saturated heterocycles. The van der Waals surface area contributed by atoms with Crippen LogP contribution in [0.15, 0.2) is 30.3 Å². The summed E-state index contributed by atoms with van der Waals surface area (Å²) in [6.07, 6.45) is 17.7. The van der Waals surface area contributed by atoms with E-state index in [0.29, 0.717) is 10.8 Å². The summed E-state index contributed by atoms with van der Waals surface area (Å²) in [5.74, 6) is 5.87. The SMILES string of the molecule is [B]C(c1ccccc1)(C12CC3CC(CC(C3)C1)C2)C12CC3CC(CC(C3)C1)C2. The third-order valence-corrected chi connectivity index (χ3v) is 11.0. The van der Waals surface area contributed by atoms with Crippen molar-refractivity contribution in [3.63, 3.8) is 0 Å². The zero-order valence-electron chi connectivity index (χ0n) is 17.4. The Hall–Kier alpha value is -0.715. The van der Waals surface area contributed by atoms with Crippen LogP contribution in [0, 0.1) is 46.3 Å². The molecule has 8 fully saturated rings. The highest BCUT2D eigenvalue weighted by atomic mass is 14.7. The van der Waals surface area contributed by atoms with E-state index in [2.05, 4.69) is 30.3 Å². The molecular weight excluding hydrogens is 335 g/mol. The molecule has 28 heavy (non-hydrogen) atoms. The van der Waals surface area contributed by atoms with Crippen molar-refractivity contribution in [1.82, 2.24) is 0 Å². The standard InChI is InChI=1S/C27H35B/c28-27(24-4-2-1-3-5-24,25-12-18-6-19(13-25)8-20(7-18)14-25)26-15-21-9-22(16-26)11-23(10-21)17-26/h1-5,18-23H,6-17H2. The fourth-order valence-electron chi connectivity index (χ4n) is 11.1. The van der Waals surface area contributed by atoms with Gasteiger partial charge in [0, 0.05) is 0 Å². The highest BCUT2D eigenvalue weighted by Gasteiger charge is 2.67. The van der Waals surface area contributed by atoms with Crippen LogP contribution in [0.4, 0.5) is 0 Å². The number of hydrogen-bond acceptors (Lipinski definition) is 0. The second-order valence-corrected chi connectivity index (χ2v) is 12.6. The van der Waals surface area contributed by atoms with E-state index in [4.69, 9.17) is 7.85 Å². The maximum Gasteiger partial charge on any atom is 0.0825 e. The predicted octanol–water partition coefficient (Wildman–Crippen LogP) is 6.48. The molecule has 0 aromatic heterocycles. The van der Waals surface area contributed by atoms with E-state index in [0.717, 1.165) is 35.5 Å². The predicted molar refractivity (Wildman–Crippen MR) is 115 cm³/mol. The number of hydrogen-bond donors (Lipinski definition) is 0. The number of benzene rings is 1. The quantitative estimate of drug-likeness (QED) is 0.534. The van der Waals surface area contributed by atoms with Crippen molar-refractivity contribution >= 4 is 7.85 Å². The number of rotatable bonds is 3. The van der Waals surface area contributed by atoms with Gasteiger partial charge in [-0.1, -0.05) is 30.3 Å². The van der Waals surface area contributed by atoms with Crippen molar-refractivity contribution in [1.29, 1.82) is 0 Å². The zero-order chi connectivity index (χ0) is 18.6. The van der Waals surface area contributed by atoms with E-state index in [1.807, 2.05) is 0 Å². The lowest BCUT2D eigenvalue weighted by molar-refractivity contribution is -0.161. The minimum atomic E-state index is -0.0900. The van der Waals surface area contributed by atoms with Gasteiger partial charge in [0.05, 0.1) is 7.85 Å². The van der Waals surface area contributed by atoms with Crippen LogP contribution >= 0.6 is 0 Å². The molecule has 1 aromatic carbocycles. The summed E-state index contributed by atoms with van der Waals surface area (Å²) in [6, 6.07) is 11.6. The Morgan fingerprint density at radius 1 is 0.571 bits per heavy atom. The lowest BCUT2D eigenvalue weighted by Crippen LogP contribution is -2.67. The first-order valence-corrected chi connectivity index (χ1v) is 12.4. The lowest BCUT2D eigenvalue weighted by Gasteiger charge is -2.72. The Balaban J connectivity index is 1.42. The maximum atomic E-state index is 8.02. The smallest absolute Gasteiger partial charge is 0.0622 e. The second kappa shape index (κ2) is 5.50. The van der Waals surface area contributed by atoms with Crippen LogP contribution in [-0.4, -0.2) is 7.85 Å². The van der Waals surface area contributed by atoms with Gasteiger partial charge in [-0.25, -0.2) is 0 Å². The van der Waals surface area contributed by atoms with Crippen LogP contribution < -0.4 is 0 Å².